The molecule has 0 fully saturated rings. The number of benzene rings is 1. The van der Waals surface area contributed by atoms with E-state index in [0.717, 1.165) is 5.56 Å². The van der Waals surface area contributed by atoms with E-state index in [1.165, 1.54) is 12.1 Å². The van der Waals surface area contributed by atoms with Crippen LogP contribution in [0.25, 0.3) is 0 Å². The molecular formula is C11H11N5O3. The lowest BCUT2D eigenvalue weighted by molar-refractivity contribution is 0.0696. The molecule has 0 saturated carbocycles. The van der Waals surface area contributed by atoms with Crippen molar-refractivity contribution in [1.29, 1.82) is 0 Å². The Hall–Kier alpha value is -2.90. The first-order chi connectivity index (χ1) is 8.97. The number of amides is 1. The number of carboxylic acid groups (broad SMARTS) is 1. The summed E-state index contributed by atoms with van der Waals surface area (Å²) in [6, 6.07) is 4.43. The van der Waals surface area contributed by atoms with Crippen molar-refractivity contribution >= 4 is 23.5 Å². The number of aromatic carboxylic acids is 1. The number of nitrogen functional groups attached to an aromatic ring is 1. The normalized spacial score (nSPS) is 10.2. The summed E-state index contributed by atoms with van der Waals surface area (Å²) in [5.41, 5.74) is 6.49. The van der Waals surface area contributed by atoms with E-state index in [-0.39, 0.29) is 17.3 Å². The first-order valence-corrected chi connectivity index (χ1v) is 5.30. The van der Waals surface area contributed by atoms with Gasteiger partial charge in [0, 0.05) is 5.69 Å². The standard InChI is InChI=1S/C11H11N5O3/c1-5-2-3-6(10(18)19)4-7(5)13-9(17)8-14-11(12)16-15-8/h2-4H,1H3,(H,13,17)(H,18,19)(H3,12,14,15,16). The van der Waals surface area contributed by atoms with E-state index in [9.17, 15) is 9.59 Å². The second kappa shape index (κ2) is 4.77. The lowest BCUT2D eigenvalue weighted by atomic mass is 10.1. The van der Waals surface area contributed by atoms with Gasteiger partial charge in [-0.2, -0.15) is 4.98 Å². The maximum atomic E-state index is 11.8. The SMILES string of the molecule is Cc1ccc(C(=O)O)cc1NC(=O)c1nc(N)n[nH]1. The highest BCUT2D eigenvalue weighted by Gasteiger charge is 2.13. The van der Waals surface area contributed by atoms with Crippen molar-refractivity contribution in [2.75, 3.05) is 11.1 Å². The first-order valence-electron chi connectivity index (χ1n) is 5.30. The molecule has 0 unspecified atom stereocenters. The molecule has 0 saturated heterocycles. The molecule has 1 amide bonds. The molecule has 2 rings (SSSR count). The molecule has 8 nitrogen and oxygen atoms in total. The van der Waals surface area contributed by atoms with Gasteiger partial charge in [-0.3, -0.25) is 9.89 Å². The number of rotatable bonds is 3. The predicted octanol–water partition coefficient (Wildman–Crippen LogP) is 0.646. The van der Waals surface area contributed by atoms with Crippen molar-refractivity contribution in [2.45, 2.75) is 6.92 Å². The highest BCUT2D eigenvalue weighted by Crippen LogP contribution is 2.17. The number of anilines is 2. The number of nitrogens with zero attached hydrogens (tertiary/aromatic N) is 2. The largest absolute Gasteiger partial charge is 0.478 e. The summed E-state index contributed by atoms with van der Waals surface area (Å²) >= 11 is 0. The Morgan fingerprint density at radius 3 is 2.74 bits per heavy atom. The number of hydrogen-bond donors (Lipinski definition) is 4. The molecule has 0 aliphatic rings. The quantitative estimate of drug-likeness (QED) is 0.640. The van der Waals surface area contributed by atoms with Gasteiger partial charge < -0.3 is 16.2 Å². The Balaban J connectivity index is 2.25. The lowest BCUT2D eigenvalue weighted by Crippen LogP contribution is -2.15. The Bertz CT molecular complexity index is 650. The van der Waals surface area contributed by atoms with Crippen LogP contribution in [-0.2, 0) is 0 Å². The minimum Gasteiger partial charge on any atom is -0.478 e. The lowest BCUT2D eigenvalue weighted by Gasteiger charge is -2.07. The van der Waals surface area contributed by atoms with Gasteiger partial charge in [0.25, 0.3) is 5.91 Å². The summed E-state index contributed by atoms with van der Waals surface area (Å²) in [6.07, 6.45) is 0. The molecule has 0 atom stereocenters. The molecule has 0 aliphatic heterocycles. The van der Waals surface area contributed by atoms with E-state index >= 15 is 0 Å². The summed E-state index contributed by atoms with van der Waals surface area (Å²) in [7, 11) is 0. The summed E-state index contributed by atoms with van der Waals surface area (Å²) in [5, 5.41) is 17.3. The van der Waals surface area contributed by atoms with E-state index < -0.39 is 11.9 Å². The van der Waals surface area contributed by atoms with E-state index in [1.807, 2.05) is 0 Å². The van der Waals surface area contributed by atoms with Gasteiger partial charge in [0.2, 0.25) is 11.8 Å². The van der Waals surface area contributed by atoms with Crippen LogP contribution in [0.1, 0.15) is 26.5 Å². The minimum atomic E-state index is -1.07. The van der Waals surface area contributed by atoms with Crippen LogP contribution in [0.4, 0.5) is 11.6 Å². The van der Waals surface area contributed by atoms with Crippen LogP contribution in [0.2, 0.25) is 0 Å². The van der Waals surface area contributed by atoms with Crippen molar-refractivity contribution in [3.8, 4) is 0 Å². The molecule has 0 bridgehead atoms. The van der Waals surface area contributed by atoms with Crippen molar-refractivity contribution in [3.63, 3.8) is 0 Å². The molecule has 8 heteroatoms. The Kier molecular flexibility index (Phi) is 3.15. The number of aromatic nitrogens is 3. The molecule has 0 spiro atoms. The van der Waals surface area contributed by atoms with Crippen LogP contribution < -0.4 is 11.1 Å². The van der Waals surface area contributed by atoms with Gasteiger partial charge in [0.1, 0.15) is 0 Å². The first kappa shape index (κ1) is 12.6. The predicted molar refractivity (Wildman–Crippen MR) is 66.9 cm³/mol. The highest BCUT2D eigenvalue weighted by atomic mass is 16.4. The third-order valence-electron chi connectivity index (χ3n) is 2.45. The van der Waals surface area contributed by atoms with Gasteiger partial charge in [-0.15, -0.1) is 5.10 Å². The van der Waals surface area contributed by atoms with E-state index in [1.54, 1.807) is 13.0 Å². The van der Waals surface area contributed by atoms with Crippen LogP contribution in [0, 0.1) is 6.92 Å². The second-order valence-corrected chi connectivity index (χ2v) is 3.83. The number of H-pyrrole nitrogens is 1. The molecule has 1 aromatic carbocycles. The molecule has 1 aromatic heterocycles. The van der Waals surface area contributed by atoms with Crippen LogP contribution in [0.3, 0.4) is 0 Å². The van der Waals surface area contributed by atoms with Crippen LogP contribution >= 0.6 is 0 Å². The fourth-order valence-electron chi connectivity index (χ4n) is 1.45. The van der Waals surface area contributed by atoms with Crippen molar-refractivity contribution in [2.24, 2.45) is 0 Å². The van der Waals surface area contributed by atoms with E-state index in [2.05, 4.69) is 20.5 Å². The summed E-state index contributed by atoms with van der Waals surface area (Å²) < 4.78 is 0. The third-order valence-corrected chi connectivity index (χ3v) is 2.45. The number of hydrogen-bond acceptors (Lipinski definition) is 5. The summed E-state index contributed by atoms with van der Waals surface area (Å²) in [5.74, 6) is -1.70. The third kappa shape index (κ3) is 2.68. The Labute approximate surface area is 107 Å². The maximum absolute atomic E-state index is 11.8. The zero-order chi connectivity index (χ0) is 14.0. The van der Waals surface area contributed by atoms with Crippen LogP contribution in [0.5, 0.6) is 0 Å². The molecular weight excluding hydrogens is 250 g/mol. The number of carbonyl (C=O) groups is 2. The Morgan fingerprint density at radius 2 is 2.16 bits per heavy atom. The van der Waals surface area contributed by atoms with Crippen molar-refractivity contribution in [1.82, 2.24) is 15.2 Å². The zero-order valence-corrected chi connectivity index (χ0v) is 9.97. The molecule has 1 heterocycles. The average molecular weight is 261 g/mol. The van der Waals surface area contributed by atoms with E-state index in [4.69, 9.17) is 10.8 Å². The van der Waals surface area contributed by atoms with Gasteiger partial charge >= 0.3 is 5.97 Å². The second-order valence-electron chi connectivity index (χ2n) is 3.83. The fraction of sp³-hybridized carbons (Fsp3) is 0.0909. The van der Waals surface area contributed by atoms with Crippen molar-refractivity contribution in [3.05, 3.63) is 35.2 Å². The molecule has 0 radical (unpaired) electrons. The van der Waals surface area contributed by atoms with Crippen LogP contribution in [0.15, 0.2) is 18.2 Å². The average Bonchev–Trinajstić information content (AvgIpc) is 2.78. The van der Waals surface area contributed by atoms with Crippen molar-refractivity contribution < 1.29 is 14.7 Å². The topological polar surface area (TPSA) is 134 Å². The molecule has 0 aliphatic carbocycles. The number of aromatic amines is 1. The number of aryl methyl sites for hydroxylation is 1. The Morgan fingerprint density at radius 1 is 1.42 bits per heavy atom. The summed E-state index contributed by atoms with van der Waals surface area (Å²) in [6.45, 7) is 1.75. The number of nitrogens with one attached hydrogen (secondary N) is 2. The monoisotopic (exact) mass is 261 g/mol. The van der Waals surface area contributed by atoms with Gasteiger partial charge in [-0.1, -0.05) is 6.07 Å². The number of carbonyl (C=O) groups excluding carboxylic acids is 1. The molecule has 2 aromatic rings. The summed E-state index contributed by atoms with van der Waals surface area (Å²) in [4.78, 5) is 26.4. The number of nitrogens with two attached hydrogens (primary N) is 1. The minimum absolute atomic E-state index is 0.0406. The van der Waals surface area contributed by atoms with Gasteiger partial charge in [0.05, 0.1) is 5.56 Å². The number of carboxylic acids is 1. The van der Waals surface area contributed by atoms with Gasteiger partial charge in [-0.25, -0.2) is 4.79 Å². The molecule has 98 valence electrons. The van der Waals surface area contributed by atoms with Crippen LogP contribution in [-0.4, -0.2) is 32.2 Å². The zero-order valence-electron chi connectivity index (χ0n) is 9.97. The van der Waals surface area contributed by atoms with E-state index in [0.29, 0.717) is 5.69 Å². The highest BCUT2D eigenvalue weighted by molar-refractivity contribution is 6.02. The fourth-order valence-corrected chi connectivity index (χ4v) is 1.45. The van der Waals surface area contributed by atoms with Gasteiger partial charge in [0.15, 0.2) is 0 Å². The molecule has 5 N–H and O–H groups in total. The maximum Gasteiger partial charge on any atom is 0.335 e. The van der Waals surface area contributed by atoms with Gasteiger partial charge in [-0.05, 0) is 24.6 Å². The molecule has 19 heavy (non-hydrogen) atoms. The smallest absolute Gasteiger partial charge is 0.335 e.